The zero-order chi connectivity index (χ0) is 27.9. The Morgan fingerprint density at radius 3 is 2.72 bits per heavy atom. The van der Waals surface area contributed by atoms with Gasteiger partial charge in [-0.1, -0.05) is 0 Å². The van der Waals surface area contributed by atoms with Gasteiger partial charge in [0.25, 0.3) is 11.8 Å². The second-order valence-corrected chi connectivity index (χ2v) is 9.84. The molecule has 2 fully saturated rings. The molecule has 3 aromatic rings. The number of carbonyl (C=O) groups excluding carboxylic acids is 2. The van der Waals surface area contributed by atoms with Gasteiger partial charge in [0.1, 0.15) is 6.04 Å². The van der Waals surface area contributed by atoms with Crippen LogP contribution < -0.4 is 15.4 Å². The number of hydrogen-bond donors (Lipinski definition) is 2. The maximum Gasteiger partial charge on any atom is 0.408 e. The fourth-order valence-corrected chi connectivity index (χ4v) is 5.10. The third kappa shape index (κ3) is 5.63. The van der Waals surface area contributed by atoms with Crippen molar-refractivity contribution in [1.29, 1.82) is 0 Å². The van der Waals surface area contributed by atoms with E-state index >= 15 is 0 Å². The number of carbonyl (C=O) groups is 2. The van der Waals surface area contributed by atoms with Crippen molar-refractivity contribution in [1.82, 2.24) is 35.5 Å². The van der Waals surface area contributed by atoms with Crippen LogP contribution in [0.15, 0.2) is 23.1 Å². The van der Waals surface area contributed by atoms with Crippen molar-refractivity contribution in [3.63, 3.8) is 0 Å². The molecule has 1 saturated heterocycles. The number of alkyl halides is 5. The van der Waals surface area contributed by atoms with Gasteiger partial charge in [0.15, 0.2) is 5.65 Å². The molecule has 3 aromatic heterocycles. The van der Waals surface area contributed by atoms with Gasteiger partial charge < -0.3 is 15.4 Å². The average Bonchev–Trinajstić information content (AvgIpc) is 3.60. The minimum absolute atomic E-state index is 0.0287. The largest absolute Gasteiger partial charge is 0.477 e. The lowest BCUT2D eigenvalue weighted by atomic mass is 9.81. The molecule has 0 unspecified atom stereocenters. The van der Waals surface area contributed by atoms with E-state index in [4.69, 9.17) is 4.74 Å². The van der Waals surface area contributed by atoms with Crippen LogP contribution >= 0.6 is 0 Å². The summed E-state index contributed by atoms with van der Waals surface area (Å²) in [6, 6.07) is -1.10. The number of rotatable bonds is 7. The summed E-state index contributed by atoms with van der Waals surface area (Å²) in [5, 5.41) is 16.0. The second kappa shape index (κ2) is 10.0. The zero-order valence-electron chi connectivity index (χ0n) is 20.5. The maximum atomic E-state index is 13.9. The number of ether oxygens (including phenoxy) is 1. The first-order valence-electron chi connectivity index (χ1n) is 12.2. The summed E-state index contributed by atoms with van der Waals surface area (Å²) in [6.07, 6.45) is -2.38. The lowest BCUT2D eigenvalue weighted by Crippen LogP contribution is -2.38. The molecular weight excluding hydrogens is 533 g/mol. The first kappa shape index (κ1) is 26.7. The highest BCUT2D eigenvalue weighted by Gasteiger charge is 2.47. The van der Waals surface area contributed by atoms with Gasteiger partial charge in [-0.25, -0.2) is 22.9 Å². The van der Waals surface area contributed by atoms with E-state index in [1.807, 2.05) is 5.32 Å². The van der Waals surface area contributed by atoms with Gasteiger partial charge in [0.2, 0.25) is 17.5 Å². The molecule has 2 amide bonds. The van der Waals surface area contributed by atoms with Crippen LogP contribution in [-0.4, -0.2) is 62.0 Å². The van der Waals surface area contributed by atoms with Gasteiger partial charge in [0.05, 0.1) is 31.2 Å². The molecule has 39 heavy (non-hydrogen) atoms. The van der Waals surface area contributed by atoms with Crippen LogP contribution in [0.5, 0.6) is 5.88 Å². The van der Waals surface area contributed by atoms with Crippen molar-refractivity contribution in [3.8, 4) is 5.88 Å². The third-order valence-electron chi connectivity index (χ3n) is 7.19. The van der Waals surface area contributed by atoms with Crippen LogP contribution in [0.25, 0.3) is 5.65 Å². The SMILES string of the molecule is COc1nonc1C(=O)N[C@H](c1cn2ncc(C[C@@H]3C[C@@H](C(F)(F)F)NC3=O)cc2n1)C1CCC(F)(F)CC1. The van der Waals surface area contributed by atoms with Crippen molar-refractivity contribution in [2.24, 2.45) is 11.8 Å². The zero-order valence-corrected chi connectivity index (χ0v) is 20.5. The van der Waals surface area contributed by atoms with Crippen LogP contribution in [0.1, 0.15) is 59.9 Å². The Morgan fingerprint density at radius 1 is 1.31 bits per heavy atom. The molecule has 11 nitrogen and oxygen atoms in total. The molecule has 4 heterocycles. The summed E-state index contributed by atoms with van der Waals surface area (Å²) in [6.45, 7) is 0. The number of imidazole rings is 1. The minimum atomic E-state index is -4.53. The number of methoxy groups -OCH3 is 1. The van der Waals surface area contributed by atoms with Crippen LogP contribution in [-0.2, 0) is 11.2 Å². The highest BCUT2D eigenvalue weighted by Crippen LogP contribution is 2.41. The molecule has 210 valence electrons. The Hall–Kier alpha value is -3.85. The van der Waals surface area contributed by atoms with E-state index in [0.717, 1.165) is 0 Å². The fourth-order valence-electron chi connectivity index (χ4n) is 5.10. The number of amides is 2. The summed E-state index contributed by atoms with van der Waals surface area (Å²) < 4.78 is 77.7. The first-order valence-corrected chi connectivity index (χ1v) is 12.2. The normalized spacial score (nSPS) is 22.6. The third-order valence-corrected chi connectivity index (χ3v) is 7.19. The van der Waals surface area contributed by atoms with E-state index < -0.39 is 41.9 Å². The van der Waals surface area contributed by atoms with Crippen LogP contribution in [0, 0.1) is 11.8 Å². The van der Waals surface area contributed by atoms with E-state index in [1.165, 1.54) is 24.0 Å². The van der Waals surface area contributed by atoms with Crippen molar-refractivity contribution < 1.29 is 40.9 Å². The second-order valence-electron chi connectivity index (χ2n) is 9.84. The molecule has 0 aromatic carbocycles. The number of nitrogens with one attached hydrogen (secondary N) is 2. The Bertz CT molecular complexity index is 1360. The van der Waals surface area contributed by atoms with E-state index in [0.29, 0.717) is 16.9 Å². The van der Waals surface area contributed by atoms with Crippen LogP contribution in [0.4, 0.5) is 22.0 Å². The van der Waals surface area contributed by atoms with Crippen molar-refractivity contribution in [2.75, 3.05) is 7.11 Å². The van der Waals surface area contributed by atoms with E-state index in [-0.39, 0.29) is 56.0 Å². The molecule has 2 aliphatic rings. The van der Waals surface area contributed by atoms with Gasteiger partial charge in [-0.2, -0.15) is 18.3 Å². The lowest BCUT2D eigenvalue weighted by molar-refractivity contribution is -0.154. The number of halogens is 5. The van der Waals surface area contributed by atoms with Crippen molar-refractivity contribution in [3.05, 3.63) is 35.4 Å². The molecule has 3 atom stereocenters. The molecule has 0 spiro atoms. The lowest BCUT2D eigenvalue weighted by Gasteiger charge is -2.33. The first-order chi connectivity index (χ1) is 18.4. The average molecular weight is 557 g/mol. The summed E-state index contributed by atoms with van der Waals surface area (Å²) in [5.74, 6) is -5.59. The molecule has 1 saturated carbocycles. The summed E-state index contributed by atoms with van der Waals surface area (Å²) in [5.41, 5.74) is 0.933. The molecule has 5 rings (SSSR count). The molecule has 2 N–H and O–H groups in total. The van der Waals surface area contributed by atoms with E-state index in [2.05, 4.69) is 30.3 Å². The van der Waals surface area contributed by atoms with Gasteiger partial charge in [-0.3, -0.25) is 9.59 Å². The highest BCUT2D eigenvalue weighted by molar-refractivity contribution is 5.94. The fraction of sp³-hybridized carbons (Fsp3) is 0.565. The molecule has 0 radical (unpaired) electrons. The number of hydrogen-bond acceptors (Lipinski definition) is 8. The summed E-state index contributed by atoms with van der Waals surface area (Å²) in [4.78, 5) is 29.6. The van der Waals surface area contributed by atoms with Crippen molar-refractivity contribution >= 4 is 17.5 Å². The van der Waals surface area contributed by atoms with Gasteiger partial charge in [-0.15, -0.1) is 0 Å². The molecule has 0 bridgehead atoms. The van der Waals surface area contributed by atoms with Gasteiger partial charge in [-0.05, 0) is 53.5 Å². The van der Waals surface area contributed by atoms with E-state index in [1.54, 1.807) is 6.07 Å². The standard InChI is InChI=1S/C23H24F5N7O4/c1-38-21-18(33-39-34-21)20(37)32-17(12-2-4-22(24,25)5-3-12)14-10-35-16(30-14)7-11(9-29-35)6-13-8-15(23(26,27)28)31-19(13)36/h7,9-10,12-13,15,17H,2-6,8H2,1H3,(H,31,36)(H,32,37)/t13-,15+,17+/m1/s1. The van der Waals surface area contributed by atoms with Gasteiger partial charge in [0, 0.05) is 18.8 Å². The Labute approximate surface area is 217 Å². The van der Waals surface area contributed by atoms with Crippen LogP contribution in [0.3, 0.4) is 0 Å². The predicted molar refractivity (Wildman–Crippen MR) is 121 cm³/mol. The quantitative estimate of drug-likeness (QED) is 0.423. The molecular formula is C23H24F5N7O4. The van der Waals surface area contributed by atoms with Gasteiger partial charge >= 0.3 is 6.18 Å². The smallest absolute Gasteiger partial charge is 0.408 e. The Balaban J connectivity index is 1.39. The predicted octanol–water partition coefficient (Wildman–Crippen LogP) is 3.03. The Morgan fingerprint density at radius 2 is 2.05 bits per heavy atom. The van der Waals surface area contributed by atoms with E-state index in [9.17, 15) is 31.5 Å². The molecule has 1 aliphatic carbocycles. The summed E-state index contributed by atoms with van der Waals surface area (Å²) in [7, 11) is 1.28. The number of fused-ring (bicyclic) bond motifs is 1. The monoisotopic (exact) mass is 557 g/mol. The number of aromatic nitrogens is 5. The minimum Gasteiger partial charge on any atom is -0.477 e. The number of nitrogens with zero attached hydrogens (tertiary/aromatic N) is 5. The Kier molecular flexibility index (Phi) is 6.88. The topological polar surface area (TPSA) is 137 Å². The summed E-state index contributed by atoms with van der Waals surface area (Å²) >= 11 is 0. The maximum absolute atomic E-state index is 13.9. The van der Waals surface area contributed by atoms with Crippen LogP contribution in [0.2, 0.25) is 0 Å². The highest BCUT2D eigenvalue weighted by atomic mass is 19.4. The molecule has 16 heteroatoms. The van der Waals surface area contributed by atoms with Crippen molar-refractivity contribution in [2.45, 2.75) is 62.7 Å². The molecule has 1 aliphatic heterocycles.